The molecule has 0 unspecified atom stereocenters. The molecule has 0 saturated carbocycles. The van der Waals surface area contributed by atoms with Gasteiger partial charge in [-0.3, -0.25) is 0 Å². The van der Waals surface area contributed by atoms with Crippen molar-refractivity contribution in [1.82, 2.24) is 14.8 Å². The first kappa shape index (κ1) is 13.7. The Bertz CT molecular complexity index is 663. The molecule has 0 spiro atoms. The van der Waals surface area contributed by atoms with Crippen molar-refractivity contribution in [2.45, 2.75) is 6.92 Å². The molecule has 0 aliphatic carbocycles. The number of hydrogen-bond donors (Lipinski definition) is 0. The van der Waals surface area contributed by atoms with Crippen molar-refractivity contribution in [3.63, 3.8) is 0 Å². The molecule has 7 heteroatoms. The average Bonchev–Trinajstić information content (AvgIpc) is 2.91. The zero-order chi connectivity index (χ0) is 14.7. The van der Waals surface area contributed by atoms with E-state index in [-0.39, 0.29) is 11.6 Å². The zero-order valence-electron chi connectivity index (χ0n) is 11.3. The van der Waals surface area contributed by atoms with Crippen LogP contribution in [0.3, 0.4) is 0 Å². The van der Waals surface area contributed by atoms with Crippen LogP contribution in [0.1, 0.15) is 26.8 Å². The lowest BCUT2D eigenvalue weighted by molar-refractivity contribution is 0.0583. The quantitative estimate of drug-likeness (QED) is 0.781. The second-order valence-electron chi connectivity index (χ2n) is 3.94. The number of esters is 2. The summed E-state index contributed by atoms with van der Waals surface area (Å²) in [4.78, 5) is 27.1. The number of carbonyl (C=O) groups excluding carboxylic acids is 2. The summed E-state index contributed by atoms with van der Waals surface area (Å²) in [7, 11) is 2.45. The largest absolute Gasteiger partial charge is 0.463 e. The fraction of sp³-hybridized carbons (Fsp3) is 0.231. The Kier molecular flexibility index (Phi) is 3.79. The van der Waals surface area contributed by atoms with E-state index >= 15 is 0 Å². The summed E-state index contributed by atoms with van der Waals surface area (Å²) in [5.41, 5.74) is 1.51. The van der Waals surface area contributed by atoms with Crippen LogP contribution >= 0.6 is 0 Å². The van der Waals surface area contributed by atoms with E-state index < -0.39 is 11.9 Å². The number of rotatable bonds is 3. The van der Waals surface area contributed by atoms with Gasteiger partial charge in [0.1, 0.15) is 0 Å². The summed E-state index contributed by atoms with van der Waals surface area (Å²) in [5.74, 6) is -1.68. The maximum absolute atomic E-state index is 11.7. The Morgan fingerprint density at radius 2 is 1.75 bits per heavy atom. The minimum atomic E-state index is -0.720. The van der Waals surface area contributed by atoms with Gasteiger partial charge in [-0.25, -0.2) is 14.3 Å². The molecule has 2 aromatic rings. The molecule has 0 aliphatic heterocycles. The van der Waals surface area contributed by atoms with E-state index in [2.05, 4.69) is 19.6 Å². The van der Waals surface area contributed by atoms with Crippen LogP contribution in [-0.2, 0) is 9.47 Å². The SMILES string of the molecule is COC(=O)c1nc(C(=O)OC)n(-c2ccccc2C)n1. The molecule has 1 heterocycles. The van der Waals surface area contributed by atoms with Crippen LogP contribution in [0.5, 0.6) is 0 Å². The molecule has 7 nitrogen and oxygen atoms in total. The maximum Gasteiger partial charge on any atom is 0.377 e. The Morgan fingerprint density at radius 1 is 1.10 bits per heavy atom. The molecule has 2 rings (SSSR count). The summed E-state index contributed by atoms with van der Waals surface area (Å²) < 4.78 is 10.5. The highest BCUT2D eigenvalue weighted by Gasteiger charge is 2.23. The van der Waals surface area contributed by atoms with Crippen LogP contribution < -0.4 is 0 Å². The normalized spacial score (nSPS) is 10.2. The first-order valence-electron chi connectivity index (χ1n) is 5.78. The van der Waals surface area contributed by atoms with Crippen molar-refractivity contribution in [3.8, 4) is 5.69 Å². The molecule has 1 aromatic carbocycles. The Labute approximate surface area is 115 Å². The van der Waals surface area contributed by atoms with E-state index in [1.54, 1.807) is 12.1 Å². The van der Waals surface area contributed by atoms with E-state index in [4.69, 9.17) is 0 Å². The van der Waals surface area contributed by atoms with Crippen molar-refractivity contribution in [3.05, 3.63) is 41.5 Å². The predicted molar refractivity (Wildman–Crippen MR) is 68.8 cm³/mol. The van der Waals surface area contributed by atoms with Crippen LogP contribution in [0.2, 0.25) is 0 Å². The lowest BCUT2D eigenvalue weighted by Gasteiger charge is -2.06. The molecule has 0 bridgehead atoms. The monoisotopic (exact) mass is 275 g/mol. The Morgan fingerprint density at radius 3 is 2.35 bits per heavy atom. The summed E-state index contributed by atoms with van der Waals surface area (Å²) in [6.45, 7) is 1.86. The highest BCUT2D eigenvalue weighted by atomic mass is 16.5. The molecule has 20 heavy (non-hydrogen) atoms. The van der Waals surface area contributed by atoms with Gasteiger partial charge >= 0.3 is 11.9 Å². The topological polar surface area (TPSA) is 83.3 Å². The van der Waals surface area contributed by atoms with Gasteiger partial charge in [-0.1, -0.05) is 18.2 Å². The number of para-hydroxylation sites is 1. The minimum absolute atomic E-state index is 0.0813. The van der Waals surface area contributed by atoms with Gasteiger partial charge in [0, 0.05) is 0 Å². The molecule has 0 radical (unpaired) electrons. The number of benzene rings is 1. The number of aryl methyl sites for hydroxylation is 1. The van der Waals surface area contributed by atoms with Crippen LogP contribution in [-0.4, -0.2) is 40.9 Å². The molecule has 0 atom stereocenters. The summed E-state index contributed by atoms with van der Waals surface area (Å²) in [6.07, 6.45) is 0. The Balaban J connectivity index is 2.62. The maximum atomic E-state index is 11.7. The second-order valence-corrected chi connectivity index (χ2v) is 3.94. The van der Waals surface area contributed by atoms with Gasteiger partial charge in [0.25, 0.3) is 5.82 Å². The molecule has 0 saturated heterocycles. The third-order valence-corrected chi connectivity index (χ3v) is 2.69. The number of nitrogens with zero attached hydrogens (tertiary/aromatic N) is 3. The van der Waals surface area contributed by atoms with Crippen molar-refractivity contribution in [1.29, 1.82) is 0 Å². The number of methoxy groups -OCH3 is 2. The van der Waals surface area contributed by atoms with E-state index in [1.807, 2.05) is 19.1 Å². The predicted octanol–water partition coefficient (Wildman–Crippen LogP) is 1.15. The van der Waals surface area contributed by atoms with Crippen LogP contribution in [0, 0.1) is 6.92 Å². The van der Waals surface area contributed by atoms with E-state index in [0.29, 0.717) is 5.69 Å². The van der Waals surface area contributed by atoms with Crippen molar-refractivity contribution in [2.24, 2.45) is 0 Å². The third-order valence-electron chi connectivity index (χ3n) is 2.69. The van der Waals surface area contributed by atoms with Gasteiger partial charge in [0.2, 0.25) is 5.82 Å². The van der Waals surface area contributed by atoms with E-state index in [1.165, 1.54) is 18.9 Å². The molecule has 0 N–H and O–H groups in total. The van der Waals surface area contributed by atoms with Gasteiger partial charge in [-0.2, -0.15) is 4.98 Å². The minimum Gasteiger partial charge on any atom is -0.463 e. The molecule has 0 fully saturated rings. The highest BCUT2D eigenvalue weighted by Crippen LogP contribution is 2.15. The first-order chi connectivity index (χ1) is 9.58. The smallest absolute Gasteiger partial charge is 0.377 e. The van der Waals surface area contributed by atoms with Crippen LogP contribution in [0.25, 0.3) is 5.69 Å². The summed E-state index contributed by atoms with van der Waals surface area (Å²) in [6, 6.07) is 7.27. The number of hydrogen-bond acceptors (Lipinski definition) is 6. The van der Waals surface area contributed by atoms with Crippen LogP contribution in [0.15, 0.2) is 24.3 Å². The second kappa shape index (κ2) is 5.52. The number of ether oxygens (including phenoxy) is 2. The number of carbonyl (C=O) groups is 2. The third kappa shape index (κ3) is 2.37. The molecule has 0 amide bonds. The van der Waals surface area contributed by atoms with Crippen molar-refractivity contribution in [2.75, 3.05) is 14.2 Å². The molecule has 1 aromatic heterocycles. The summed E-state index contributed by atoms with van der Waals surface area (Å²) in [5, 5.41) is 4.01. The fourth-order valence-electron chi connectivity index (χ4n) is 1.68. The first-order valence-corrected chi connectivity index (χ1v) is 5.78. The summed E-state index contributed by atoms with van der Waals surface area (Å²) >= 11 is 0. The van der Waals surface area contributed by atoms with Gasteiger partial charge in [-0.05, 0) is 18.6 Å². The van der Waals surface area contributed by atoms with Gasteiger partial charge in [0.05, 0.1) is 19.9 Å². The molecule has 0 aliphatic rings. The van der Waals surface area contributed by atoms with Gasteiger partial charge in [0.15, 0.2) is 0 Å². The average molecular weight is 275 g/mol. The van der Waals surface area contributed by atoms with E-state index in [0.717, 1.165) is 5.56 Å². The van der Waals surface area contributed by atoms with Gasteiger partial charge in [-0.15, -0.1) is 5.10 Å². The lowest BCUT2D eigenvalue weighted by atomic mass is 10.2. The van der Waals surface area contributed by atoms with Crippen molar-refractivity contribution < 1.29 is 19.1 Å². The zero-order valence-corrected chi connectivity index (χ0v) is 11.3. The van der Waals surface area contributed by atoms with E-state index in [9.17, 15) is 9.59 Å². The molecular formula is C13H13N3O4. The lowest BCUT2D eigenvalue weighted by Crippen LogP contribution is -2.12. The Hall–Kier alpha value is -2.70. The van der Waals surface area contributed by atoms with Crippen molar-refractivity contribution >= 4 is 11.9 Å². The van der Waals surface area contributed by atoms with Gasteiger partial charge < -0.3 is 9.47 Å². The fourth-order valence-corrected chi connectivity index (χ4v) is 1.68. The molecular weight excluding hydrogens is 262 g/mol. The standard InChI is InChI=1S/C13H13N3O4/c1-8-6-4-5-7-9(8)16-11(13(18)20-3)14-10(15-16)12(17)19-2/h4-7H,1-3H3. The van der Waals surface area contributed by atoms with Crippen LogP contribution in [0.4, 0.5) is 0 Å². The highest BCUT2D eigenvalue weighted by molar-refractivity contribution is 5.90. The number of aromatic nitrogens is 3. The molecule has 104 valence electrons.